The number of aromatic nitrogens is 4. The fourth-order valence-electron chi connectivity index (χ4n) is 2.27. The van der Waals surface area contributed by atoms with Crippen molar-refractivity contribution in [3.63, 3.8) is 0 Å². The molecule has 3 heterocycles. The van der Waals surface area contributed by atoms with Gasteiger partial charge in [0.1, 0.15) is 5.82 Å². The summed E-state index contributed by atoms with van der Waals surface area (Å²) >= 11 is 0. The van der Waals surface area contributed by atoms with E-state index >= 15 is 0 Å². The monoisotopic (exact) mass is 353 g/mol. The molecule has 3 aromatic heterocycles. The third kappa shape index (κ3) is 4.56. The number of ether oxygens (including phenoxy) is 1. The second kappa shape index (κ2) is 7.95. The summed E-state index contributed by atoms with van der Waals surface area (Å²) in [4.78, 5) is 13.0. The van der Waals surface area contributed by atoms with Gasteiger partial charge in [-0.25, -0.2) is 9.97 Å². The maximum Gasteiger partial charge on any atom is 0.258 e. The molecule has 0 unspecified atom stereocenters. The molecule has 0 aromatic carbocycles. The molecule has 0 atom stereocenters. The zero-order chi connectivity index (χ0) is 18.5. The summed E-state index contributed by atoms with van der Waals surface area (Å²) in [5.41, 5.74) is 1.87. The molecule has 7 heteroatoms. The summed E-state index contributed by atoms with van der Waals surface area (Å²) in [6.07, 6.45) is 3.62. The first-order chi connectivity index (χ1) is 12.5. The molecular formula is C19H23N5O2. The van der Waals surface area contributed by atoms with Gasteiger partial charge in [0.25, 0.3) is 5.89 Å². The van der Waals surface area contributed by atoms with Gasteiger partial charge in [-0.05, 0) is 31.5 Å². The second-order valence-corrected chi connectivity index (χ2v) is 6.57. The van der Waals surface area contributed by atoms with Gasteiger partial charge in [-0.2, -0.15) is 4.98 Å². The highest BCUT2D eigenvalue weighted by atomic mass is 16.5. The molecule has 3 rings (SSSR count). The quantitative estimate of drug-likeness (QED) is 0.685. The summed E-state index contributed by atoms with van der Waals surface area (Å²) in [5.74, 6) is 2.77. The van der Waals surface area contributed by atoms with Crippen molar-refractivity contribution >= 4 is 5.82 Å². The van der Waals surface area contributed by atoms with Crippen molar-refractivity contribution in [2.24, 2.45) is 0 Å². The van der Waals surface area contributed by atoms with Crippen LogP contribution in [0.2, 0.25) is 0 Å². The van der Waals surface area contributed by atoms with Crippen LogP contribution >= 0.6 is 0 Å². The van der Waals surface area contributed by atoms with Crippen molar-refractivity contribution < 1.29 is 9.26 Å². The average Bonchev–Trinajstić information content (AvgIpc) is 3.11. The van der Waals surface area contributed by atoms with E-state index in [0.29, 0.717) is 24.1 Å². The van der Waals surface area contributed by atoms with E-state index in [1.54, 1.807) is 12.4 Å². The lowest BCUT2D eigenvalue weighted by Crippen LogP contribution is -2.07. The van der Waals surface area contributed by atoms with Gasteiger partial charge in [0, 0.05) is 36.5 Å². The molecule has 0 fully saturated rings. The number of rotatable bonds is 7. The second-order valence-electron chi connectivity index (χ2n) is 6.57. The van der Waals surface area contributed by atoms with Gasteiger partial charge in [-0.15, -0.1) is 0 Å². The first kappa shape index (κ1) is 17.8. The molecule has 0 saturated heterocycles. The fourth-order valence-corrected chi connectivity index (χ4v) is 2.27. The highest BCUT2D eigenvalue weighted by Crippen LogP contribution is 2.22. The van der Waals surface area contributed by atoms with E-state index < -0.39 is 0 Å². The van der Waals surface area contributed by atoms with Gasteiger partial charge >= 0.3 is 0 Å². The van der Waals surface area contributed by atoms with Gasteiger partial charge in [0.05, 0.1) is 6.10 Å². The van der Waals surface area contributed by atoms with Crippen molar-refractivity contribution in [1.82, 2.24) is 20.1 Å². The van der Waals surface area contributed by atoms with Crippen molar-refractivity contribution in [3.8, 4) is 17.3 Å². The topological polar surface area (TPSA) is 86.0 Å². The molecular weight excluding hydrogens is 330 g/mol. The van der Waals surface area contributed by atoms with Crippen LogP contribution in [-0.4, -0.2) is 26.2 Å². The Morgan fingerprint density at radius 1 is 1.12 bits per heavy atom. The Balaban J connectivity index is 1.65. The van der Waals surface area contributed by atoms with Crippen molar-refractivity contribution in [2.45, 2.75) is 46.3 Å². The number of anilines is 1. The van der Waals surface area contributed by atoms with Crippen LogP contribution in [0.3, 0.4) is 0 Å². The summed E-state index contributed by atoms with van der Waals surface area (Å²) < 4.78 is 10.9. The summed E-state index contributed by atoms with van der Waals surface area (Å²) in [7, 11) is 0. The number of hydrogen-bond acceptors (Lipinski definition) is 7. The van der Waals surface area contributed by atoms with E-state index in [4.69, 9.17) is 9.26 Å². The fraction of sp³-hybridized carbons (Fsp3) is 0.368. The summed E-state index contributed by atoms with van der Waals surface area (Å²) in [6.45, 7) is 8.61. The predicted octanol–water partition coefficient (Wildman–Crippen LogP) is 4.05. The first-order valence-corrected chi connectivity index (χ1v) is 8.66. The molecule has 1 N–H and O–H groups in total. The zero-order valence-electron chi connectivity index (χ0n) is 15.4. The smallest absolute Gasteiger partial charge is 0.258 e. The number of nitrogens with one attached hydrogen (secondary N) is 1. The van der Waals surface area contributed by atoms with Gasteiger partial charge in [-0.1, -0.05) is 25.1 Å². The van der Waals surface area contributed by atoms with Crippen LogP contribution in [0.5, 0.6) is 5.88 Å². The highest BCUT2D eigenvalue weighted by molar-refractivity contribution is 5.57. The molecule has 0 aliphatic heterocycles. The minimum Gasteiger partial charge on any atom is -0.475 e. The van der Waals surface area contributed by atoms with Gasteiger partial charge in [-0.3, -0.25) is 0 Å². The lowest BCUT2D eigenvalue weighted by Gasteiger charge is -2.09. The van der Waals surface area contributed by atoms with Gasteiger partial charge < -0.3 is 14.6 Å². The van der Waals surface area contributed by atoms with Crippen LogP contribution in [-0.2, 0) is 6.54 Å². The normalized spacial score (nSPS) is 11.2. The largest absolute Gasteiger partial charge is 0.475 e. The third-order valence-electron chi connectivity index (χ3n) is 3.59. The Morgan fingerprint density at radius 3 is 2.62 bits per heavy atom. The molecule has 3 aromatic rings. The Morgan fingerprint density at radius 2 is 1.96 bits per heavy atom. The summed E-state index contributed by atoms with van der Waals surface area (Å²) in [5, 5.41) is 7.28. The van der Waals surface area contributed by atoms with E-state index in [1.165, 1.54) is 0 Å². The van der Waals surface area contributed by atoms with Crippen LogP contribution in [0.4, 0.5) is 5.82 Å². The predicted molar refractivity (Wildman–Crippen MR) is 98.9 cm³/mol. The van der Waals surface area contributed by atoms with E-state index in [1.807, 2.05) is 52.0 Å². The standard InChI is InChI=1S/C19H23N5O2/c1-12(2)18-23-19(26-24-18)15-7-8-20-16(9-15)21-10-14-5-6-17(22-11-14)25-13(3)4/h5-9,11-13H,10H2,1-4H3,(H,20,21). The Kier molecular flexibility index (Phi) is 5.46. The van der Waals surface area contributed by atoms with Crippen LogP contribution in [0, 0.1) is 0 Å². The third-order valence-corrected chi connectivity index (χ3v) is 3.59. The van der Waals surface area contributed by atoms with Crippen molar-refractivity contribution in [1.29, 1.82) is 0 Å². The molecule has 0 amide bonds. The SMILES string of the molecule is CC(C)Oc1ccc(CNc2cc(-c3nc(C(C)C)no3)ccn2)cn1. The number of pyridine rings is 2. The molecule has 0 radical (unpaired) electrons. The molecule has 0 spiro atoms. The van der Waals surface area contributed by atoms with E-state index in [0.717, 1.165) is 16.9 Å². The van der Waals surface area contributed by atoms with Crippen molar-refractivity contribution in [3.05, 3.63) is 48.0 Å². The molecule has 0 saturated carbocycles. The maximum atomic E-state index is 5.55. The molecule has 0 aliphatic carbocycles. The lowest BCUT2D eigenvalue weighted by molar-refractivity contribution is 0.232. The lowest BCUT2D eigenvalue weighted by atomic mass is 10.2. The first-order valence-electron chi connectivity index (χ1n) is 8.66. The Hall–Kier alpha value is -2.96. The minimum atomic E-state index is 0.110. The highest BCUT2D eigenvalue weighted by Gasteiger charge is 2.12. The van der Waals surface area contributed by atoms with Crippen LogP contribution in [0.15, 0.2) is 41.2 Å². The molecule has 0 aliphatic rings. The maximum absolute atomic E-state index is 5.55. The molecule has 136 valence electrons. The van der Waals surface area contributed by atoms with Crippen LogP contribution in [0.1, 0.15) is 45.0 Å². The Labute approximate surface area is 152 Å². The number of hydrogen-bond donors (Lipinski definition) is 1. The number of nitrogens with zero attached hydrogens (tertiary/aromatic N) is 4. The van der Waals surface area contributed by atoms with Gasteiger partial charge in [0.2, 0.25) is 5.88 Å². The average molecular weight is 353 g/mol. The van der Waals surface area contributed by atoms with Crippen LogP contribution in [0.25, 0.3) is 11.5 Å². The molecule has 0 bridgehead atoms. The Bertz CT molecular complexity index is 843. The van der Waals surface area contributed by atoms with E-state index in [-0.39, 0.29) is 12.0 Å². The van der Waals surface area contributed by atoms with Crippen LogP contribution < -0.4 is 10.1 Å². The zero-order valence-corrected chi connectivity index (χ0v) is 15.4. The molecule has 7 nitrogen and oxygen atoms in total. The van der Waals surface area contributed by atoms with Crippen molar-refractivity contribution in [2.75, 3.05) is 5.32 Å². The van der Waals surface area contributed by atoms with Gasteiger partial charge in [0.15, 0.2) is 5.82 Å². The van der Waals surface area contributed by atoms with E-state index in [9.17, 15) is 0 Å². The molecule has 26 heavy (non-hydrogen) atoms. The van der Waals surface area contributed by atoms with E-state index in [2.05, 4.69) is 25.4 Å². The minimum absolute atomic E-state index is 0.110. The summed E-state index contributed by atoms with van der Waals surface area (Å²) in [6, 6.07) is 7.59.